The quantitative estimate of drug-likeness (QED) is 0.529. The third-order valence-corrected chi connectivity index (χ3v) is 6.72. The first-order valence-electron chi connectivity index (χ1n) is 11.9. The predicted octanol–water partition coefficient (Wildman–Crippen LogP) is 3.19. The number of aromatic nitrogens is 3. The highest BCUT2D eigenvalue weighted by atomic mass is 19.1. The summed E-state index contributed by atoms with van der Waals surface area (Å²) in [6.45, 7) is 5.62. The maximum atomic E-state index is 15.3. The second-order valence-electron chi connectivity index (χ2n) is 9.93. The molecule has 186 valence electrons. The van der Waals surface area contributed by atoms with Crippen molar-refractivity contribution in [2.24, 2.45) is 5.41 Å². The number of halogens is 2. The first-order chi connectivity index (χ1) is 16.8. The molecule has 2 N–H and O–H groups in total. The van der Waals surface area contributed by atoms with E-state index < -0.39 is 17.4 Å². The van der Waals surface area contributed by atoms with Gasteiger partial charge in [-0.15, -0.1) is 0 Å². The van der Waals surface area contributed by atoms with Gasteiger partial charge in [0.2, 0.25) is 0 Å². The number of nitrogens with one attached hydrogen (secondary N) is 1. The van der Waals surface area contributed by atoms with E-state index in [0.29, 0.717) is 24.4 Å². The van der Waals surface area contributed by atoms with Gasteiger partial charge in [0.05, 0.1) is 17.6 Å². The number of piperazine rings is 1. The summed E-state index contributed by atoms with van der Waals surface area (Å²) in [5, 5.41) is 14.0. The van der Waals surface area contributed by atoms with E-state index in [9.17, 15) is 9.50 Å². The molecule has 1 unspecified atom stereocenters. The number of rotatable bonds is 7. The average molecular weight is 485 g/mol. The third kappa shape index (κ3) is 4.72. The molecular weight excluding hydrogens is 454 g/mol. The normalized spacial score (nSPS) is 19.4. The summed E-state index contributed by atoms with van der Waals surface area (Å²) >= 11 is 0. The molecule has 1 saturated heterocycles. The minimum absolute atomic E-state index is 0.0741. The molecule has 3 heterocycles. The minimum Gasteiger partial charge on any atom is -0.507 e. The van der Waals surface area contributed by atoms with Crippen LogP contribution in [0.5, 0.6) is 11.8 Å². The van der Waals surface area contributed by atoms with Crippen LogP contribution in [0.1, 0.15) is 19.8 Å². The molecule has 1 saturated carbocycles. The van der Waals surface area contributed by atoms with Crippen LogP contribution in [0.4, 0.5) is 14.6 Å². The Labute approximate surface area is 203 Å². The van der Waals surface area contributed by atoms with Gasteiger partial charge < -0.3 is 25.0 Å². The Bertz CT molecular complexity index is 1230. The Hall–Kier alpha value is -3.11. The van der Waals surface area contributed by atoms with E-state index >= 15 is 4.39 Å². The van der Waals surface area contributed by atoms with Crippen LogP contribution in [0.25, 0.3) is 22.3 Å². The highest BCUT2D eigenvalue weighted by Crippen LogP contribution is 2.46. The minimum atomic E-state index is -0.767. The van der Waals surface area contributed by atoms with Crippen LogP contribution in [-0.2, 0) is 0 Å². The Balaban J connectivity index is 1.60. The highest BCUT2D eigenvalue weighted by molar-refractivity contribution is 5.90. The molecule has 0 amide bonds. The van der Waals surface area contributed by atoms with Gasteiger partial charge in [0.1, 0.15) is 23.1 Å². The molecule has 0 bridgehead atoms. The van der Waals surface area contributed by atoms with Crippen LogP contribution >= 0.6 is 0 Å². The zero-order chi connectivity index (χ0) is 24.7. The average Bonchev–Trinajstić information content (AvgIpc) is 3.57. The molecule has 35 heavy (non-hydrogen) atoms. The first kappa shape index (κ1) is 23.6. The number of hydrogen-bond donors (Lipinski definition) is 2. The molecule has 3 aromatic rings. The van der Waals surface area contributed by atoms with E-state index in [1.807, 2.05) is 14.1 Å². The topological polar surface area (TPSA) is 86.6 Å². The van der Waals surface area contributed by atoms with Crippen molar-refractivity contribution in [3.63, 3.8) is 0 Å². The number of aromatic hydroxyl groups is 1. The van der Waals surface area contributed by atoms with Crippen molar-refractivity contribution < 1.29 is 18.6 Å². The lowest BCUT2D eigenvalue weighted by Crippen LogP contribution is -2.50. The van der Waals surface area contributed by atoms with E-state index in [0.717, 1.165) is 38.5 Å². The maximum Gasteiger partial charge on any atom is 0.320 e. The molecule has 1 aliphatic heterocycles. The highest BCUT2D eigenvalue weighted by Gasteiger charge is 2.44. The van der Waals surface area contributed by atoms with Gasteiger partial charge in [-0.3, -0.25) is 0 Å². The molecule has 2 fully saturated rings. The maximum absolute atomic E-state index is 15.3. The van der Waals surface area contributed by atoms with Gasteiger partial charge >= 0.3 is 6.01 Å². The van der Waals surface area contributed by atoms with E-state index in [1.54, 1.807) is 0 Å². The lowest BCUT2D eigenvalue weighted by atomic mass is 10.1. The number of hydrogen-bond acceptors (Lipinski definition) is 8. The lowest BCUT2D eigenvalue weighted by molar-refractivity contribution is 0.183. The van der Waals surface area contributed by atoms with Gasteiger partial charge in [0.15, 0.2) is 11.5 Å². The van der Waals surface area contributed by atoms with Gasteiger partial charge in [-0.25, -0.2) is 13.8 Å². The van der Waals surface area contributed by atoms with Crippen LogP contribution in [0.15, 0.2) is 24.3 Å². The predicted molar refractivity (Wildman–Crippen MR) is 130 cm³/mol. The molecule has 2 aliphatic rings. The Morgan fingerprint density at radius 2 is 2.00 bits per heavy atom. The molecule has 1 aromatic carbocycles. The molecule has 5 rings (SSSR count). The molecule has 1 aliphatic carbocycles. The Morgan fingerprint density at radius 1 is 1.20 bits per heavy atom. The summed E-state index contributed by atoms with van der Waals surface area (Å²) < 4.78 is 35.9. The zero-order valence-electron chi connectivity index (χ0n) is 20.2. The molecule has 1 atom stereocenters. The van der Waals surface area contributed by atoms with Crippen LogP contribution in [0.2, 0.25) is 0 Å². The van der Waals surface area contributed by atoms with Crippen LogP contribution in [-0.4, -0.2) is 77.9 Å². The molecule has 0 spiro atoms. The number of anilines is 1. The fourth-order valence-electron chi connectivity index (χ4n) is 4.77. The summed E-state index contributed by atoms with van der Waals surface area (Å²) in [7, 11) is 4.07. The number of ether oxygens (including phenoxy) is 1. The van der Waals surface area contributed by atoms with Crippen LogP contribution in [0.3, 0.4) is 0 Å². The number of nitrogens with zero attached hydrogens (tertiary/aromatic N) is 5. The monoisotopic (exact) mass is 484 g/mol. The number of benzene rings is 1. The van der Waals surface area contributed by atoms with Gasteiger partial charge in [-0.05, 0) is 52.1 Å². The summed E-state index contributed by atoms with van der Waals surface area (Å²) in [6, 6.07) is 5.34. The fourth-order valence-corrected chi connectivity index (χ4v) is 4.77. The number of phenolic OH excluding ortho intramolecular Hbond substituents is 1. The third-order valence-electron chi connectivity index (χ3n) is 6.72. The van der Waals surface area contributed by atoms with E-state index in [2.05, 4.69) is 37.0 Å². The smallest absolute Gasteiger partial charge is 0.320 e. The summed E-state index contributed by atoms with van der Waals surface area (Å²) in [4.78, 5) is 17.8. The van der Waals surface area contributed by atoms with Gasteiger partial charge in [0, 0.05) is 37.6 Å². The molecule has 10 heteroatoms. The summed E-state index contributed by atoms with van der Waals surface area (Å²) in [5.41, 5.74) is -0.339. The largest absolute Gasteiger partial charge is 0.507 e. The van der Waals surface area contributed by atoms with Crippen molar-refractivity contribution in [3.05, 3.63) is 35.9 Å². The van der Waals surface area contributed by atoms with Gasteiger partial charge in [0.25, 0.3) is 0 Å². The molecule has 0 radical (unpaired) electrons. The number of phenols is 1. The van der Waals surface area contributed by atoms with Crippen LogP contribution in [0, 0.1) is 17.0 Å². The second-order valence-corrected chi connectivity index (χ2v) is 9.93. The summed E-state index contributed by atoms with van der Waals surface area (Å²) in [5.74, 6) is -1.39. The second kappa shape index (κ2) is 9.16. The number of fused-ring (bicyclic) bond motifs is 1. The number of pyridine rings is 1. The first-order valence-corrected chi connectivity index (χ1v) is 11.9. The summed E-state index contributed by atoms with van der Waals surface area (Å²) in [6.07, 6.45) is 2.14. The van der Waals surface area contributed by atoms with E-state index in [-0.39, 0.29) is 34.4 Å². The van der Waals surface area contributed by atoms with E-state index in [1.165, 1.54) is 18.2 Å². The van der Waals surface area contributed by atoms with Gasteiger partial charge in [-0.2, -0.15) is 9.97 Å². The van der Waals surface area contributed by atoms with Crippen molar-refractivity contribution in [1.82, 2.24) is 25.2 Å². The fraction of sp³-hybridized carbons (Fsp3) is 0.480. The SMILES string of the molecule is CC1CNCCN1c1nc(OCC2(CN(C)C)CC2)nc2nc(-c3c(O)cccc3F)c(F)cc12. The van der Waals surface area contributed by atoms with Crippen molar-refractivity contribution in [1.29, 1.82) is 0 Å². The van der Waals surface area contributed by atoms with Crippen molar-refractivity contribution >= 4 is 16.9 Å². The zero-order valence-corrected chi connectivity index (χ0v) is 20.2. The molecule has 2 aromatic heterocycles. The standard InChI is InChI=1S/C25H30F2N6O2/c1-15-12-28-9-10-33(15)23-16-11-18(27)21(20-17(26)5-4-6-19(20)34)29-22(16)30-24(31-23)35-14-25(7-8-25)13-32(2)3/h4-6,11,15,28,34H,7-10,12-14H2,1-3H3. The van der Waals surface area contributed by atoms with E-state index in [4.69, 9.17) is 4.74 Å². The Morgan fingerprint density at radius 3 is 2.69 bits per heavy atom. The van der Waals surface area contributed by atoms with Crippen LogP contribution < -0.4 is 15.0 Å². The van der Waals surface area contributed by atoms with Crippen molar-refractivity contribution in [2.45, 2.75) is 25.8 Å². The molecular formula is C25H30F2N6O2. The lowest BCUT2D eigenvalue weighted by Gasteiger charge is -2.35. The van der Waals surface area contributed by atoms with Crippen molar-refractivity contribution in [3.8, 4) is 23.0 Å². The Kier molecular flexibility index (Phi) is 6.18. The molecule has 8 nitrogen and oxygen atoms in total. The van der Waals surface area contributed by atoms with Crippen molar-refractivity contribution in [2.75, 3.05) is 51.8 Å². The van der Waals surface area contributed by atoms with Gasteiger partial charge in [-0.1, -0.05) is 6.07 Å².